The second-order valence-corrected chi connectivity index (χ2v) is 9.00. The lowest BCUT2D eigenvalue weighted by molar-refractivity contribution is -0.121. The van der Waals surface area contributed by atoms with Crippen LogP contribution in [0.15, 0.2) is 60.7 Å². The van der Waals surface area contributed by atoms with E-state index in [2.05, 4.69) is 26.0 Å². The molecule has 0 unspecified atom stereocenters. The van der Waals surface area contributed by atoms with Gasteiger partial charge in [-0.2, -0.15) is 0 Å². The molecule has 0 aromatic heterocycles. The quantitative estimate of drug-likeness (QED) is 0.467. The molecule has 4 rings (SSSR count). The van der Waals surface area contributed by atoms with E-state index in [1.165, 1.54) is 34.1 Å². The monoisotopic (exact) mass is 470 g/mol. The third-order valence-electron chi connectivity index (χ3n) is 6.40. The number of carbonyl (C=O) groups is 4. The van der Waals surface area contributed by atoms with Gasteiger partial charge in [-0.1, -0.05) is 51.0 Å². The number of amides is 4. The van der Waals surface area contributed by atoms with Crippen molar-refractivity contribution in [1.29, 1.82) is 0 Å². The van der Waals surface area contributed by atoms with Crippen molar-refractivity contribution in [2.45, 2.75) is 58.8 Å². The van der Waals surface area contributed by atoms with E-state index >= 15 is 0 Å². The number of anilines is 2. The minimum atomic E-state index is -0.308. The summed E-state index contributed by atoms with van der Waals surface area (Å²) in [4.78, 5) is 51.5. The highest BCUT2D eigenvalue weighted by Gasteiger charge is 2.28. The molecule has 2 aromatic rings. The van der Waals surface area contributed by atoms with Crippen LogP contribution in [-0.4, -0.2) is 23.6 Å². The fraction of sp³-hybridized carbons (Fsp3) is 0.310. The third-order valence-corrected chi connectivity index (χ3v) is 6.40. The van der Waals surface area contributed by atoms with Gasteiger partial charge >= 0.3 is 0 Å². The Bertz CT molecular complexity index is 1110. The van der Waals surface area contributed by atoms with Crippen LogP contribution in [0.4, 0.5) is 11.4 Å². The largest absolute Gasteiger partial charge is 0.269 e. The molecular formula is C29H30N2O4. The highest BCUT2D eigenvalue weighted by Crippen LogP contribution is 2.30. The summed E-state index contributed by atoms with van der Waals surface area (Å²) in [5, 5.41) is 0. The van der Waals surface area contributed by atoms with Crippen molar-refractivity contribution in [3.8, 4) is 0 Å². The van der Waals surface area contributed by atoms with E-state index in [1.807, 2.05) is 24.3 Å². The normalized spacial score (nSPS) is 15.3. The van der Waals surface area contributed by atoms with Gasteiger partial charge in [-0.25, -0.2) is 9.80 Å². The Morgan fingerprint density at radius 3 is 1.29 bits per heavy atom. The lowest BCUT2D eigenvalue weighted by Crippen LogP contribution is -2.30. The van der Waals surface area contributed by atoms with Crippen molar-refractivity contribution in [3.05, 3.63) is 83.0 Å². The summed E-state index contributed by atoms with van der Waals surface area (Å²) in [5.74, 6) is -1.23. The summed E-state index contributed by atoms with van der Waals surface area (Å²) in [5.41, 5.74) is 5.43. The lowest BCUT2D eigenvalue weighted by atomic mass is 9.96. The molecule has 6 nitrogen and oxygen atoms in total. The molecule has 0 N–H and O–H groups in total. The lowest BCUT2D eigenvalue weighted by Gasteiger charge is -2.20. The zero-order valence-corrected chi connectivity index (χ0v) is 20.3. The Morgan fingerprint density at radius 1 is 0.571 bits per heavy atom. The molecule has 4 amide bonds. The number of hydrogen-bond donors (Lipinski definition) is 0. The highest BCUT2D eigenvalue weighted by molar-refractivity contribution is 6.29. The molecule has 2 aromatic carbocycles. The summed E-state index contributed by atoms with van der Waals surface area (Å²) in [6.07, 6.45) is 11.4. The summed E-state index contributed by atoms with van der Waals surface area (Å²) in [6.45, 7) is 4.23. The molecule has 2 aliphatic rings. The Kier molecular flexibility index (Phi) is 7.39. The van der Waals surface area contributed by atoms with Gasteiger partial charge in [0, 0.05) is 24.3 Å². The van der Waals surface area contributed by atoms with Crippen LogP contribution in [0.3, 0.4) is 0 Å². The van der Waals surface area contributed by atoms with Gasteiger partial charge < -0.3 is 0 Å². The first-order chi connectivity index (χ1) is 16.9. The maximum atomic E-state index is 12.3. The number of hydrogen-bond acceptors (Lipinski definition) is 4. The molecule has 0 aliphatic carbocycles. The van der Waals surface area contributed by atoms with Crippen LogP contribution >= 0.6 is 0 Å². The fourth-order valence-corrected chi connectivity index (χ4v) is 4.58. The van der Waals surface area contributed by atoms with E-state index in [0.717, 1.165) is 60.8 Å². The van der Waals surface area contributed by atoms with Crippen molar-refractivity contribution in [3.63, 3.8) is 0 Å². The smallest absolute Gasteiger partial charge is 0.258 e. The maximum Gasteiger partial charge on any atom is 0.258 e. The minimum Gasteiger partial charge on any atom is -0.269 e. The first-order valence-corrected chi connectivity index (χ1v) is 12.3. The molecular weight excluding hydrogens is 440 g/mol. The number of rotatable bonds is 10. The van der Waals surface area contributed by atoms with Crippen LogP contribution in [0.5, 0.6) is 0 Å². The summed E-state index contributed by atoms with van der Waals surface area (Å²) < 4.78 is 0. The average molecular weight is 471 g/mol. The van der Waals surface area contributed by atoms with Gasteiger partial charge in [0.25, 0.3) is 23.6 Å². The van der Waals surface area contributed by atoms with E-state index in [1.54, 1.807) is 0 Å². The molecule has 0 fully saturated rings. The van der Waals surface area contributed by atoms with E-state index in [-0.39, 0.29) is 23.6 Å². The van der Waals surface area contributed by atoms with Gasteiger partial charge in [-0.15, -0.1) is 0 Å². The van der Waals surface area contributed by atoms with Crippen LogP contribution in [0, 0.1) is 0 Å². The van der Waals surface area contributed by atoms with Crippen LogP contribution < -0.4 is 9.80 Å². The predicted octanol–water partition coefficient (Wildman–Crippen LogP) is 4.82. The molecule has 0 bridgehead atoms. The number of imide groups is 2. The summed E-state index contributed by atoms with van der Waals surface area (Å²) >= 11 is 0. The zero-order chi connectivity index (χ0) is 24.9. The number of nitrogens with zero attached hydrogens (tertiary/aromatic N) is 2. The van der Waals surface area contributed by atoms with Crippen molar-refractivity contribution in [2.75, 3.05) is 9.80 Å². The van der Waals surface area contributed by atoms with E-state index < -0.39 is 0 Å². The molecule has 35 heavy (non-hydrogen) atoms. The van der Waals surface area contributed by atoms with Gasteiger partial charge in [-0.3, -0.25) is 19.2 Å². The molecule has 0 radical (unpaired) electrons. The van der Waals surface area contributed by atoms with Crippen LogP contribution in [-0.2, 0) is 38.4 Å². The molecule has 0 atom stereocenters. The maximum absolute atomic E-state index is 12.3. The van der Waals surface area contributed by atoms with Crippen molar-refractivity contribution < 1.29 is 19.2 Å². The molecule has 2 heterocycles. The highest BCUT2D eigenvalue weighted by atomic mass is 16.2. The molecule has 0 saturated heterocycles. The minimum absolute atomic E-state index is 0.308. The van der Waals surface area contributed by atoms with Gasteiger partial charge in [0.15, 0.2) is 0 Å². The molecule has 180 valence electrons. The van der Waals surface area contributed by atoms with Crippen LogP contribution in [0.25, 0.3) is 0 Å². The second-order valence-electron chi connectivity index (χ2n) is 9.00. The number of benzene rings is 2. The summed E-state index contributed by atoms with van der Waals surface area (Å²) in [7, 11) is 0. The number of aryl methyl sites for hydroxylation is 2. The summed E-state index contributed by atoms with van der Waals surface area (Å²) in [6, 6.07) is 11.8. The Balaban J connectivity index is 1.63. The van der Waals surface area contributed by atoms with E-state index in [0.29, 0.717) is 17.8 Å². The Hall–Kier alpha value is -3.80. The number of carbonyl (C=O) groups excluding carboxylic acids is 4. The van der Waals surface area contributed by atoms with Gasteiger partial charge in [-0.05, 0) is 66.5 Å². The molecule has 0 spiro atoms. The van der Waals surface area contributed by atoms with E-state index in [9.17, 15) is 19.2 Å². The predicted molar refractivity (Wildman–Crippen MR) is 136 cm³/mol. The van der Waals surface area contributed by atoms with Crippen molar-refractivity contribution >= 4 is 35.0 Å². The van der Waals surface area contributed by atoms with E-state index in [4.69, 9.17) is 0 Å². The standard InChI is InChI=1S/C29H30N2O4/c1-3-5-7-22-18-20(9-11-24(22)30-26(32)13-14-27(30)33)17-21-10-12-25(23(19-21)8-6-4-2)31-28(34)15-16-29(31)35/h9-16,18-19H,3-8,17H2,1-2H3. The van der Waals surface area contributed by atoms with Crippen molar-refractivity contribution in [2.24, 2.45) is 0 Å². The average Bonchev–Trinajstić information content (AvgIpc) is 3.36. The second kappa shape index (κ2) is 10.6. The Labute approximate surface area is 205 Å². The Morgan fingerprint density at radius 2 is 0.943 bits per heavy atom. The first kappa shape index (κ1) is 24.3. The topological polar surface area (TPSA) is 74.8 Å². The van der Waals surface area contributed by atoms with Gasteiger partial charge in [0.2, 0.25) is 0 Å². The first-order valence-electron chi connectivity index (χ1n) is 12.3. The fourth-order valence-electron chi connectivity index (χ4n) is 4.58. The van der Waals surface area contributed by atoms with Crippen molar-refractivity contribution in [1.82, 2.24) is 0 Å². The molecule has 2 aliphatic heterocycles. The van der Waals surface area contributed by atoms with Crippen LogP contribution in [0.2, 0.25) is 0 Å². The molecule has 0 saturated carbocycles. The third kappa shape index (κ3) is 5.16. The SMILES string of the molecule is CCCCc1cc(Cc2ccc(N3C(=O)C=CC3=O)c(CCCC)c2)ccc1N1C(=O)C=CC1=O. The zero-order valence-electron chi connectivity index (χ0n) is 20.3. The van der Waals surface area contributed by atoms with Gasteiger partial charge in [0.05, 0.1) is 11.4 Å². The van der Waals surface area contributed by atoms with Crippen LogP contribution in [0.1, 0.15) is 61.8 Å². The number of unbranched alkanes of at least 4 members (excludes halogenated alkanes) is 2. The van der Waals surface area contributed by atoms with Gasteiger partial charge in [0.1, 0.15) is 0 Å². The molecule has 6 heteroatoms.